The number of nitrogens with one attached hydrogen (secondary N) is 1. The Labute approximate surface area is 173 Å². The average molecular weight is 440 g/mol. The lowest BCUT2D eigenvalue weighted by atomic mass is 9.91. The zero-order valence-electron chi connectivity index (χ0n) is 16.1. The van der Waals surface area contributed by atoms with Crippen molar-refractivity contribution in [3.05, 3.63) is 77.6 Å². The minimum atomic E-state index is -5.89. The quantitative estimate of drug-likeness (QED) is 0.522. The van der Waals surface area contributed by atoms with E-state index in [1.54, 1.807) is 0 Å². The van der Waals surface area contributed by atoms with E-state index in [0.29, 0.717) is 30.8 Å². The van der Waals surface area contributed by atoms with Crippen LogP contribution in [0, 0.1) is 0 Å². The van der Waals surface area contributed by atoms with E-state index < -0.39 is 23.5 Å². The number of anilines is 1. The number of aliphatic hydroxyl groups is 1. The number of aromatic nitrogens is 1. The number of hydrogen-bond acceptors (Lipinski definition) is 2. The highest BCUT2D eigenvalue weighted by Gasteiger charge is 2.71. The standard InChI is InChI=1S/C22H18F6N2O/c23-21(24,25)20(31,22(26,27)28)18-4-1-14(2-5-18)13-30-10-8-16-11-15(3-6-19(16)30)17-7-9-29-12-17/h1-7,9,11-12,29,31H,8,10,13H2. The minimum Gasteiger partial charge on any atom is -0.369 e. The predicted molar refractivity (Wildman–Crippen MR) is 103 cm³/mol. The van der Waals surface area contributed by atoms with E-state index in [2.05, 4.69) is 11.1 Å². The van der Waals surface area contributed by atoms with Gasteiger partial charge in [0.15, 0.2) is 0 Å². The molecule has 164 valence electrons. The number of fused-ring (bicyclic) bond motifs is 1. The first-order valence-electron chi connectivity index (χ1n) is 9.47. The van der Waals surface area contributed by atoms with E-state index in [1.807, 2.05) is 35.5 Å². The van der Waals surface area contributed by atoms with Gasteiger partial charge >= 0.3 is 12.4 Å². The van der Waals surface area contributed by atoms with Crippen molar-refractivity contribution in [2.75, 3.05) is 11.4 Å². The number of halogens is 6. The van der Waals surface area contributed by atoms with E-state index in [1.165, 1.54) is 12.1 Å². The third kappa shape index (κ3) is 3.67. The van der Waals surface area contributed by atoms with Crippen molar-refractivity contribution >= 4 is 5.69 Å². The Bertz CT molecular complexity index is 1040. The first-order chi connectivity index (χ1) is 14.5. The number of hydrogen-bond donors (Lipinski definition) is 2. The number of alkyl halides is 6. The van der Waals surface area contributed by atoms with Gasteiger partial charge in [-0.15, -0.1) is 0 Å². The molecule has 2 aromatic carbocycles. The van der Waals surface area contributed by atoms with Crippen LogP contribution < -0.4 is 4.90 Å². The predicted octanol–water partition coefficient (Wildman–Crippen LogP) is 5.56. The summed E-state index contributed by atoms with van der Waals surface area (Å²) in [4.78, 5) is 5.02. The molecule has 1 aliphatic heterocycles. The third-order valence-corrected chi connectivity index (χ3v) is 5.57. The molecule has 0 saturated carbocycles. The lowest BCUT2D eigenvalue weighted by molar-refractivity contribution is -0.376. The van der Waals surface area contributed by atoms with Gasteiger partial charge < -0.3 is 15.0 Å². The molecular formula is C22H18F6N2O. The van der Waals surface area contributed by atoms with Crippen LogP contribution in [-0.2, 0) is 18.6 Å². The molecule has 3 aromatic rings. The van der Waals surface area contributed by atoms with Crippen LogP contribution in [0.5, 0.6) is 0 Å². The molecule has 0 aliphatic carbocycles. The van der Waals surface area contributed by atoms with Crippen molar-refractivity contribution < 1.29 is 31.4 Å². The van der Waals surface area contributed by atoms with E-state index in [4.69, 9.17) is 0 Å². The minimum absolute atomic E-state index is 0.327. The second kappa shape index (κ2) is 7.33. The van der Waals surface area contributed by atoms with Crippen LogP contribution in [0.4, 0.5) is 32.0 Å². The van der Waals surface area contributed by atoms with Gasteiger partial charge in [0.05, 0.1) is 0 Å². The maximum atomic E-state index is 13.0. The maximum Gasteiger partial charge on any atom is 0.430 e. The Balaban J connectivity index is 1.55. The smallest absolute Gasteiger partial charge is 0.369 e. The van der Waals surface area contributed by atoms with Gasteiger partial charge in [-0.1, -0.05) is 30.3 Å². The summed E-state index contributed by atoms with van der Waals surface area (Å²) < 4.78 is 78.2. The summed E-state index contributed by atoms with van der Waals surface area (Å²) in [6.07, 6.45) is -7.28. The molecular weight excluding hydrogens is 422 g/mol. The molecule has 9 heteroatoms. The van der Waals surface area contributed by atoms with Crippen molar-refractivity contribution in [1.82, 2.24) is 4.98 Å². The fourth-order valence-electron chi connectivity index (χ4n) is 3.88. The number of rotatable bonds is 4. The monoisotopic (exact) mass is 440 g/mol. The molecule has 3 nitrogen and oxygen atoms in total. The first-order valence-corrected chi connectivity index (χ1v) is 9.47. The van der Waals surface area contributed by atoms with E-state index >= 15 is 0 Å². The highest BCUT2D eigenvalue weighted by atomic mass is 19.4. The Morgan fingerprint density at radius 2 is 1.55 bits per heavy atom. The Morgan fingerprint density at radius 3 is 2.13 bits per heavy atom. The summed E-state index contributed by atoms with van der Waals surface area (Å²) in [7, 11) is 0. The van der Waals surface area contributed by atoms with Gasteiger partial charge in [0, 0.05) is 36.7 Å². The zero-order valence-corrected chi connectivity index (χ0v) is 16.1. The number of aromatic amines is 1. The summed E-state index contributed by atoms with van der Waals surface area (Å²) in [5, 5.41) is 9.50. The molecule has 2 N–H and O–H groups in total. The number of benzene rings is 2. The van der Waals surface area contributed by atoms with Crippen LogP contribution in [0.15, 0.2) is 60.9 Å². The van der Waals surface area contributed by atoms with Gasteiger partial charge in [0.2, 0.25) is 0 Å². The summed E-state index contributed by atoms with van der Waals surface area (Å²) in [6, 6.07) is 11.7. The molecule has 0 bridgehead atoms. The van der Waals surface area contributed by atoms with E-state index in [9.17, 15) is 31.4 Å². The Morgan fingerprint density at radius 1 is 0.871 bits per heavy atom. The average Bonchev–Trinajstić information content (AvgIpc) is 3.36. The molecule has 4 rings (SSSR count). The fourth-order valence-corrected chi connectivity index (χ4v) is 3.88. The van der Waals surface area contributed by atoms with Crippen LogP contribution in [0.1, 0.15) is 16.7 Å². The first kappa shape index (κ1) is 21.3. The lowest BCUT2D eigenvalue weighted by Crippen LogP contribution is -2.53. The van der Waals surface area contributed by atoms with Crippen molar-refractivity contribution in [1.29, 1.82) is 0 Å². The van der Waals surface area contributed by atoms with Gasteiger partial charge in [0.1, 0.15) is 0 Å². The summed E-state index contributed by atoms with van der Waals surface area (Å²) in [5.74, 6) is 0. The van der Waals surface area contributed by atoms with E-state index in [0.717, 1.165) is 28.8 Å². The summed E-state index contributed by atoms with van der Waals surface area (Å²) >= 11 is 0. The van der Waals surface area contributed by atoms with Crippen molar-refractivity contribution in [3.8, 4) is 11.1 Å². The van der Waals surface area contributed by atoms with Crippen LogP contribution in [0.2, 0.25) is 0 Å². The Hall–Kier alpha value is -2.94. The highest BCUT2D eigenvalue weighted by Crippen LogP contribution is 2.50. The van der Waals surface area contributed by atoms with Gasteiger partial charge in [0.25, 0.3) is 5.60 Å². The van der Waals surface area contributed by atoms with Crippen LogP contribution >= 0.6 is 0 Å². The zero-order chi connectivity index (χ0) is 22.4. The molecule has 1 aromatic heterocycles. The SMILES string of the molecule is OC(c1ccc(CN2CCc3cc(-c4cc[nH]c4)ccc32)cc1)(C(F)(F)F)C(F)(F)F. The highest BCUT2D eigenvalue weighted by molar-refractivity contribution is 5.70. The van der Waals surface area contributed by atoms with Crippen LogP contribution in [0.3, 0.4) is 0 Å². The van der Waals surface area contributed by atoms with E-state index in [-0.39, 0.29) is 0 Å². The molecule has 0 saturated heterocycles. The molecule has 0 atom stereocenters. The maximum absolute atomic E-state index is 13.0. The molecule has 0 fully saturated rings. The second-order valence-corrected chi connectivity index (χ2v) is 7.52. The van der Waals surface area contributed by atoms with Crippen LogP contribution in [-0.4, -0.2) is 29.0 Å². The van der Waals surface area contributed by atoms with Gasteiger partial charge in [-0.05, 0) is 46.9 Å². The van der Waals surface area contributed by atoms with Crippen molar-refractivity contribution in [3.63, 3.8) is 0 Å². The lowest BCUT2D eigenvalue weighted by Gasteiger charge is -2.32. The molecule has 1 aliphatic rings. The largest absolute Gasteiger partial charge is 0.430 e. The van der Waals surface area contributed by atoms with Crippen molar-refractivity contribution in [2.45, 2.75) is 30.9 Å². The molecule has 0 unspecified atom stereocenters. The normalized spacial score (nSPS) is 14.7. The third-order valence-electron chi connectivity index (χ3n) is 5.57. The van der Waals surface area contributed by atoms with Crippen LogP contribution in [0.25, 0.3) is 11.1 Å². The molecule has 2 heterocycles. The molecule has 0 radical (unpaired) electrons. The molecule has 31 heavy (non-hydrogen) atoms. The number of nitrogens with zero attached hydrogens (tertiary/aromatic N) is 1. The summed E-state index contributed by atoms with van der Waals surface area (Å²) in [6.45, 7) is 1.01. The Kier molecular flexibility index (Phi) is 5.04. The van der Waals surface area contributed by atoms with Crippen molar-refractivity contribution in [2.24, 2.45) is 0 Å². The second-order valence-electron chi connectivity index (χ2n) is 7.52. The van der Waals surface area contributed by atoms with Gasteiger partial charge in [-0.25, -0.2) is 0 Å². The molecule has 0 spiro atoms. The summed E-state index contributed by atoms with van der Waals surface area (Å²) in [5.41, 5.74) is -1.41. The topological polar surface area (TPSA) is 39.3 Å². The van der Waals surface area contributed by atoms with Gasteiger partial charge in [-0.3, -0.25) is 0 Å². The fraction of sp³-hybridized carbons (Fsp3) is 0.273. The van der Waals surface area contributed by atoms with Gasteiger partial charge in [-0.2, -0.15) is 26.3 Å². The molecule has 0 amide bonds. The number of H-pyrrole nitrogens is 1.